The first-order valence-corrected chi connectivity index (χ1v) is 6.59. The number of ether oxygens (including phenoxy) is 1. The minimum Gasteiger partial charge on any atom is -0.496 e. The van der Waals surface area contributed by atoms with Gasteiger partial charge < -0.3 is 9.84 Å². The summed E-state index contributed by atoms with van der Waals surface area (Å²) >= 11 is 0. The van der Waals surface area contributed by atoms with Crippen LogP contribution in [0.1, 0.15) is 49.3 Å². The molecule has 1 atom stereocenters. The van der Waals surface area contributed by atoms with Gasteiger partial charge in [-0.3, -0.25) is 0 Å². The van der Waals surface area contributed by atoms with Crippen LogP contribution in [0.15, 0.2) is 24.8 Å². The van der Waals surface area contributed by atoms with Crippen LogP contribution in [-0.4, -0.2) is 12.2 Å². The summed E-state index contributed by atoms with van der Waals surface area (Å²) in [7, 11) is 1.68. The Labute approximate surface area is 109 Å². The van der Waals surface area contributed by atoms with Crippen molar-refractivity contribution in [2.24, 2.45) is 0 Å². The van der Waals surface area contributed by atoms with Crippen molar-refractivity contribution in [1.82, 2.24) is 0 Å². The highest BCUT2D eigenvalue weighted by molar-refractivity contribution is 5.48. The van der Waals surface area contributed by atoms with Gasteiger partial charge in [0, 0.05) is 0 Å². The first kappa shape index (κ1) is 13.2. The van der Waals surface area contributed by atoms with Crippen molar-refractivity contribution in [2.45, 2.75) is 44.6 Å². The zero-order valence-electron chi connectivity index (χ0n) is 11.5. The fourth-order valence-corrected chi connectivity index (χ4v) is 2.78. The molecule has 0 saturated heterocycles. The molecule has 0 heterocycles. The van der Waals surface area contributed by atoms with Gasteiger partial charge in [-0.05, 0) is 47.9 Å². The van der Waals surface area contributed by atoms with Crippen LogP contribution in [0.5, 0.6) is 5.75 Å². The van der Waals surface area contributed by atoms with E-state index in [0.717, 1.165) is 30.6 Å². The second-order valence-electron chi connectivity index (χ2n) is 5.39. The predicted octanol–water partition coefficient (Wildman–Crippen LogP) is 3.53. The normalized spacial score (nSPS) is 22.7. The van der Waals surface area contributed by atoms with Gasteiger partial charge in [-0.1, -0.05) is 32.6 Å². The molecule has 1 aromatic carbocycles. The highest BCUT2D eigenvalue weighted by atomic mass is 16.5. The number of benzene rings is 1. The molecule has 18 heavy (non-hydrogen) atoms. The third-order valence-corrected chi connectivity index (χ3v) is 3.89. The zero-order valence-corrected chi connectivity index (χ0v) is 11.5. The molecule has 98 valence electrons. The van der Waals surface area contributed by atoms with Gasteiger partial charge in [-0.15, -0.1) is 0 Å². The lowest BCUT2D eigenvalue weighted by molar-refractivity contribution is 0.0700. The van der Waals surface area contributed by atoms with Crippen molar-refractivity contribution in [1.29, 1.82) is 0 Å². The Morgan fingerprint density at radius 2 is 2.17 bits per heavy atom. The standard InChI is InChI=1S/C16H22O2/c1-5-16(17)8-6-7-12-9-13(11(2)3)15(18-4)10-14(12)16/h5,9-11,17H,1,6-8H2,2-4H3/t16-/m1/s1. The largest absolute Gasteiger partial charge is 0.496 e. The summed E-state index contributed by atoms with van der Waals surface area (Å²) in [6.45, 7) is 8.10. The maximum Gasteiger partial charge on any atom is 0.122 e. The van der Waals surface area contributed by atoms with E-state index in [9.17, 15) is 5.11 Å². The van der Waals surface area contributed by atoms with Crippen molar-refractivity contribution in [3.8, 4) is 5.75 Å². The smallest absolute Gasteiger partial charge is 0.122 e. The Bertz CT molecular complexity index is 462. The van der Waals surface area contributed by atoms with Gasteiger partial charge in [-0.2, -0.15) is 0 Å². The molecular weight excluding hydrogens is 224 g/mol. The van der Waals surface area contributed by atoms with Gasteiger partial charge in [0.05, 0.1) is 7.11 Å². The van der Waals surface area contributed by atoms with Gasteiger partial charge in [-0.25, -0.2) is 0 Å². The van der Waals surface area contributed by atoms with Crippen molar-refractivity contribution in [3.63, 3.8) is 0 Å². The van der Waals surface area contributed by atoms with E-state index < -0.39 is 5.60 Å². The number of hydrogen-bond donors (Lipinski definition) is 1. The minimum absolute atomic E-state index is 0.420. The quantitative estimate of drug-likeness (QED) is 0.827. The molecule has 0 fully saturated rings. The third-order valence-electron chi connectivity index (χ3n) is 3.89. The summed E-state index contributed by atoms with van der Waals surface area (Å²) in [4.78, 5) is 0. The minimum atomic E-state index is -0.892. The fourth-order valence-electron chi connectivity index (χ4n) is 2.78. The summed E-state index contributed by atoms with van der Waals surface area (Å²) in [6.07, 6.45) is 4.42. The van der Waals surface area contributed by atoms with E-state index in [1.165, 1.54) is 11.1 Å². The molecule has 1 N–H and O–H groups in total. The highest BCUT2D eigenvalue weighted by Gasteiger charge is 2.32. The lowest BCUT2D eigenvalue weighted by Gasteiger charge is -2.33. The average molecular weight is 246 g/mol. The first-order chi connectivity index (χ1) is 8.51. The molecule has 2 nitrogen and oxygen atoms in total. The summed E-state index contributed by atoms with van der Waals surface area (Å²) in [6, 6.07) is 4.18. The summed E-state index contributed by atoms with van der Waals surface area (Å²) in [5.41, 5.74) is 2.51. The van der Waals surface area contributed by atoms with Crippen LogP contribution in [0.2, 0.25) is 0 Å². The Hall–Kier alpha value is -1.28. The van der Waals surface area contributed by atoms with Gasteiger partial charge in [0.15, 0.2) is 0 Å². The van der Waals surface area contributed by atoms with Crippen LogP contribution in [0.25, 0.3) is 0 Å². The summed E-state index contributed by atoms with van der Waals surface area (Å²) < 4.78 is 5.47. The van der Waals surface area contributed by atoms with E-state index in [0.29, 0.717) is 5.92 Å². The van der Waals surface area contributed by atoms with Gasteiger partial charge >= 0.3 is 0 Å². The molecule has 0 bridgehead atoms. The van der Waals surface area contributed by atoms with Crippen LogP contribution in [-0.2, 0) is 12.0 Å². The summed E-state index contributed by atoms with van der Waals surface area (Å²) in [5, 5.41) is 10.6. The summed E-state index contributed by atoms with van der Waals surface area (Å²) in [5.74, 6) is 1.29. The van der Waals surface area contributed by atoms with E-state index in [1.807, 2.05) is 6.07 Å². The molecule has 0 saturated carbocycles. The molecule has 0 spiro atoms. The second-order valence-corrected chi connectivity index (χ2v) is 5.39. The first-order valence-electron chi connectivity index (χ1n) is 6.59. The van der Waals surface area contributed by atoms with Crippen molar-refractivity contribution >= 4 is 0 Å². The number of aryl methyl sites for hydroxylation is 1. The van der Waals surface area contributed by atoms with Crippen LogP contribution < -0.4 is 4.74 Å². The Balaban J connectivity index is 2.60. The lowest BCUT2D eigenvalue weighted by Crippen LogP contribution is -2.28. The van der Waals surface area contributed by atoms with Crippen molar-refractivity contribution in [2.75, 3.05) is 7.11 Å². The molecule has 1 aliphatic rings. The number of fused-ring (bicyclic) bond motifs is 1. The van der Waals surface area contributed by atoms with E-state index >= 15 is 0 Å². The Morgan fingerprint density at radius 3 is 2.72 bits per heavy atom. The number of aliphatic hydroxyl groups is 1. The number of methoxy groups -OCH3 is 1. The molecule has 0 radical (unpaired) electrons. The molecule has 0 aliphatic heterocycles. The van der Waals surface area contributed by atoms with E-state index in [4.69, 9.17) is 4.74 Å². The lowest BCUT2D eigenvalue weighted by atomic mass is 9.77. The Morgan fingerprint density at radius 1 is 1.44 bits per heavy atom. The molecule has 2 heteroatoms. The fraction of sp³-hybridized carbons (Fsp3) is 0.500. The average Bonchev–Trinajstić information content (AvgIpc) is 2.37. The van der Waals surface area contributed by atoms with Crippen LogP contribution in [0.4, 0.5) is 0 Å². The van der Waals surface area contributed by atoms with Crippen molar-refractivity contribution < 1.29 is 9.84 Å². The molecule has 0 amide bonds. The van der Waals surface area contributed by atoms with Gasteiger partial charge in [0.2, 0.25) is 0 Å². The molecule has 0 unspecified atom stereocenters. The number of rotatable bonds is 3. The maximum absolute atomic E-state index is 10.6. The molecule has 2 rings (SSSR count). The number of hydrogen-bond acceptors (Lipinski definition) is 2. The SMILES string of the molecule is C=C[C@@]1(O)CCCc2cc(C(C)C)c(OC)cc21. The Kier molecular flexibility index (Phi) is 3.49. The maximum atomic E-state index is 10.6. The van der Waals surface area contributed by atoms with Crippen LogP contribution >= 0.6 is 0 Å². The van der Waals surface area contributed by atoms with E-state index in [1.54, 1.807) is 13.2 Å². The molecule has 0 aromatic heterocycles. The second kappa shape index (κ2) is 4.77. The topological polar surface area (TPSA) is 29.5 Å². The predicted molar refractivity (Wildman–Crippen MR) is 74.1 cm³/mol. The van der Waals surface area contributed by atoms with Crippen molar-refractivity contribution in [3.05, 3.63) is 41.5 Å². The third kappa shape index (κ3) is 2.05. The molecule has 1 aromatic rings. The molecule has 1 aliphatic carbocycles. The van der Waals surface area contributed by atoms with Crippen LogP contribution in [0, 0.1) is 0 Å². The van der Waals surface area contributed by atoms with Gasteiger partial charge in [0.25, 0.3) is 0 Å². The monoisotopic (exact) mass is 246 g/mol. The zero-order chi connectivity index (χ0) is 13.3. The van der Waals surface area contributed by atoms with E-state index in [-0.39, 0.29) is 0 Å². The van der Waals surface area contributed by atoms with E-state index in [2.05, 4.69) is 26.5 Å². The van der Waals surface area contributed by atoms with Gasteiger partial charge in [0.1, 0.15) is 11.4 Å². The molecular formula is C16H22O2. The van der Waals surface area contributed by atoms with Crippen LogP contribution in [0.3, 0.4) is 0 Å². The highest BCUT2D eigenvalue weighted by Crippen LogP contribution is 2.40.